The summed E-state index contributed by atoms with van der Waals surface area (Å²) < 4.78 is 2.21. The number of aryl methyl sites for hydroxylation is 1. The van der Waals surface area contributed by atoms with Gasteiger partial charge in [-0.15, -0.1) is 0 Å². The molecule has 0 saturated carbocycles. The zero-order valence-corrected chi connectivity index (χ0v) is 13.3. The Hall–Kier alpha value is -0.640. The molecular formula is C15H15Br2N. The predicted molar refractivity (Wildman–Crippen MR) is 83.7 cm³/mol. The Labute approximate surface area is 125 Å². The van der Waals surface area contributed by atoms with Gasteiger partial charge in [0.25, 0.3) is 0 Å². The van der Waals surface area contributed by atoms with Crippen molar-refractivity contribution in [2.75, 3.05) is 0 Å². The zero-order valence-electron chi connectivity index (χ0n) is 10.2. The van der Waals surface area contributed by atoms with Gasteiger partial charge >= 0.3 is 0 Å². The van der Waals surface area contributed by atoms with E-state index >= 15 is 0 Å². The van der Waals surface area contributed by atoms with Crippen LogP contribution in [0.25, 0.3) is 0 Å². The molecule has 2 aromatic rings. The average molecular weight is 369 g/mol. The molecule has 0 aliphatic carbocycles. The number of nitrogens with two attached hydrogens (primary N) is 1. The fourth-order valence-electron chi connectivity index (χ4n) is 1.94. The lowest BCUT2D eigenvalue weighted by Gasteiger charge is -2.15. The Morgan fingerprint density at radius 2 is 1.72 bits per heavy atom. The van der Waals surface area contributed by atoms with Crippen LogP contribution in [-0.2, 0) is 6.42 Å². The average Bonchev–Trinajstić information content (AvgIpc) is 2.35. The molecule has 1 atom stereocenters. The van der Waals surface area contributed by atoms with Crippen molar-refractivity contribution in [1.29, 1.82) is 0 Å². The Bertz CT molecular complexity index is 535. The topological polar surface area (TPSA) is 26.0 Å². The fraction of sp³-hybridized carbons (Fsp3) is 0.200. The van der Waals surface area contributed by atoms with Gasteiger partial charge in [-0.3, -0.25) is 0 Å². The highest BCUT2D eigenvalue weighted by Gasteiger charge is 2.11. The molecule has 0 aliphatic rings. The number of halogens is 2. The molecule has 1 unspecified atom stereocenters. The maximum Gasteiger partial charge on any atom is 0.0347 e. The van der Waals surface area contributed by atoms with Crippen LogP contribution < -0.4 is 5.73 Å². The number of rotatable bonds is 3. The molecule has 2 aromatic carbocycles. The predicted octanol–water partition coefficient (Wildman–Crippen LogP) is 4.76. The van der Waals surface area contributed by atoms with Gasteiger partial charge in [0.05, 0.1) is 0 Å². The number of hydrogen-bond donors (Lipinski definition) is 1. The first-order chi connectivity index (χ1) is 8.58. The molecule has 18 heavy (non-hydrogen) atoms. The molecular weight excluding hydrogens is 354 g/mol. The molecule has 0 heterocycles. The van der Waals surface area contributed by atoms with Crippen LogP contribution in [0, 0.1) is 6.92 Å². The second-order valence-corrected chi connectivity index (χ2v) is 6.12. The monoisotopic (exact) mass is 367 g/mol. The second kappa shape index (κ2) is 6.00. The van der Waals surface area contributed by atoms with E-state index in [-0.39, 0.29) is 6.04 Å². The summed E-state index contributed by atoms with van der Waals surface area (Å²) >= 11 is 7.06. The lowest BCUT2D eigenvalue weighted by atomic mass is 9.98. The van der Waals surface area contributed by atoms with E-state index in [1.807, 2.05) is 12.1 Å². The normalized spacial score (nSPS) is 12.4. The van der Waals surface area contributed by atoms with Gasteiger partial charge in [-0.05, 0) is 42.2 Å². The smallest absolute Gasteiger partial charge is 0.0347 e. The molecule has 0 radical (unpaired) electrons. The van der Waals surface area contributed by atoms with Crippen molar-refractivity contribution in [1.82, 2.24) is 0 Å². The van der Waals surface area contributed by atoms with Crippen molar-refractivity contribution in [3.05, 3.63) is 68.1 Å². The van der Waals surface area contributed by atoms with E-state index in [1.165, 1.54) is 11.1 Å². The SMILES string of the molecule is Cc1cccc(C(N)Cc2ccc(Br)cc2)c1Br. The molecule has 94 valence electrons. The minimum atomic E-state index is 0.0143. The summed E-state index contributed by atoms with van der Waals surface area (Å²) in [6.45, 7) is 2.08. The standard InChI is InChI=1S/C15H15Br2N/c1-10-3-2-4-13(15(10)17)14(18)9-11-5-7-12(16)8-6-11/h2-8,14H,9,18H2,1H3. The van der Waals surface area contributed by atoms with E-state index in [9.17, 15) is 0 Å². The van der Waals surface area contributed by atoms with Crippen molar-refractivity contribution in [3.8, 4) is 0 Å². The van der Waals surface area contributed by atoms with Crippen molar-refractivity contribution in [2.45, 2.75) is 19.4 Å². The Balaban J connectivity index is 2.19. The summed E-state index contributed by atoms with van der Waals surface area (Å²) in [5.41, 5.74) is 9.93. The van der Waals surface area contributed by atoms with E-state index in [0.717, 1.165) is 20.9 Å². The molecule has 2 N–H and O–H groups in total. The summed E-state index contributed by atoms with van der Waals surface area (Å²) in [6.07, 6.45) is 0.843. The van der Waals surface area contributed by atoms with Gasteiger partial charge in [-0.2, -0.15) is 0 Å². The molecule has 0 aromatic heterocycles. The molecule has 1 nitrogen and oxygen atoms in total. The quantitative estimate of drug-likeness (QED) is 0.830. The molecule has 2 rings (SSSR count). The number of hydrogen-bond acceptors (Lipinski definition) is 1. The van der Waals surface area contributed by atoms with Crippen LogP contribution >= 0.6 is 31.9 Å². The van der Waals surface area contributed by atoms with E-state index in [2.05, 4.69) is 69.1 Å². The first-order valence-electron chi connectivity index (χ1n) is 5.83. The number of benzene rings is 2. The first-order valence-corrected chi connectivity index (χ1v) is 7.41. The highest BCUT2D eigenvalue weighted by atomic mass is 79.9. The lowest BCUT2D eigenvalue weighted by Crippen LogP contribution is -2.14. The maximum absolute atomic E-state index is 6.29. The van der Waals surface area contributed by atoms with Gasteiger partial charge in [-0.1, -0.05) is 62.2 Å². The van der Waals surface area contributed by atoms with Gasteiger partial charge < -0.3 is 5.73 Å². The summed E-state index contributed by atoms with van der Waals surface area (Å²) in [5.74, 6) is 0. The largest absolute Gasteiger partial charge is 0.324 e. The summed E-state index contributed by atoms with van der Waals surface area (Å²) in [6, 6.07) is 14.5. The minimum absolute atomic E-state index is 0.0143. The van der Waals surface area contributed by atoms with E-state index in [0.29, 0.717) is 0 Å². The molecule has 0 aliphatic heterocycles. The van der Waals surface area contributed by atoms with E-state index in [1.54, 1.807) is 0 Å². The first kappa shape index (κ1) is 13.8. The van der Waals surface area contributed by atoms with Gasteiger partial charge in [0.15, 0.2) is 0 Å². The lowest BCUT2D eigenvalue weighted by molar-refractivity contribution is 0.717. The van der Waals surface area contributed by atoms with Crippen LogP contribution in [0.1, 0.15) is 22.7 Å². The third kappa shape index (κ3) is 3.22. The highest BCUT2D eigenvalue weighted by molar-refractivity contribution is 9.10. The Morgan fingerprint density at radius 3 is 2.39 bits per heavy atom. The van der Waals surface area contributed by atoms with E-state index < -0.39 is 0 Å². The van der Waals surface area contributed by atoms with Gasteiger partial charge in [-0.25, -0.2) is 0 Å². The van der Waals surface area contributed by atoms with Crippen LogP contribution in [0.4, 0.5) is 0 Å². The molecule has 0 bridgehead atoms. The second-order valence-electron chi connectivity index (χ2n) is 4.42. The third-order valence-electron chi connectivity index (χ3n) is 2.99. The van der Waals surface area contributed by atoms with Crippen molar-refractivity contribution < 1.29 is 0 Å². The summed E-state index contributed by atoms with van der Waals surface area (Å²) in [7, 11) is 0. The van der Waals surface area contributed by atoms with E-state index in [4.69, 9.17) is 5.73 Å². The van der Waals surface area contributed by atoms with Crippen molar-refractivity contribution in [3.63, 3.8) is 0 Å². The summed E-state index contributed by atoms with van der Waals surface area (Å²) in [5, 5.41) is 0. The van der Waals surface area contributed by atoms with Crippen LogP contribution in [0.5, 0.6) is 0 Å². The summed E-state index contributed by atoms with van der Waals surface area (Å²) in [4.78, 5) is 0. The van der Waals surface area contributed by atoms with Crippen LogP contribution in [-0.4, -0.2) is 0 Å². The van der Waals surface area contributed by atoms with Crippen molar-refractivity contribution in [2.24, 2.45) is 5.73 Å². The third-order valence-corrected chi connectivity index (χ3v) is 4.60. The van der Waals surface area contributed by atoms with Gasteiger partial charge in [0.1, 0.15) is 0 Å². The van der Waals surface area contributed by atoms with Gasteiger partial charge in [0, 0.05) is 15.0 Å². The van der Waals surface area contributed by atoms with Crippen LogP contribution in [0.2, 0.25) is 0 Å². The fourth-order valence-corrected chi connectivity index (χ4v) is 2.76. The van der Waals surface area contributed by atoms with Crippen LogP contribution in [0.3, 0.4) is 0 Å². The minimum Gasteiger partial charge on any atom is -0.324 e. The van der Waals surface area contributed by atoms with Crippen LogP contribution in [0.15, 0.2) is 51.4 Å². The van der Waals surface area contributed by atoms with Crippen molar-refractivity contribution >= 4 is 31.9 Å². The molecule has 0 amide bonds. The Kier molecular flexibility index (Phi) is 4.60. The molecule has 0 fully saturated rings. The van der Waals surface area contributed by atoms with Gasteiger partial charge in [0.2, 0.25) is 0 Å². The maximum atomic E-state index is 6.29. The molecule has 0 spiro atoms. The highest BCUT2D eigenvalue weighted by Crippen LogP contribution is 2.27. The zero-order chi connectivity index (χ0) is 13.1. The molecule has 3 heteroatoms. The Morgan fingerprint density at radius 1 is 1.06 bits per heavy atom. The molecule has 0 saturated heterocycles.